The molecule has 2 aromatic rings. The fourth-order valence-corrected chi connectivity index (χ4v) is 1.94. The predicted molar refractivity (Wildman–Crippen MR) is 75.9 cm³/mol. The van der Waals surface area contributed by atoms with Crippen LogP contribution in [0.2, 0.25) is 5.02 Å². The fraction of sp³-hybridized carbons (Fsp3) is 0.308. The summed E-state index contributed by atoms with van der Waals surface area (Å²) in [5.41, 5.74) is 0.448. The van der Waals surface area contributed by atoms with Crippen molar-refractivity contribution in [2.24, 2.45) is 0 Å². The molecule has 112 valence electrons. The van der Waals surface area contributed by atoms with Crippen molar-refractivity contribution < 1.29 is 18.8 Å². The van der Waals surface area contributed by atoms with Gasteiger partial charge in [0, 0.05) is 19.1 Å². The lowest BCUT2D eigenvalue weighted by molar-refractivity contribution is -0.115. The number of carbonyl (C=O) groups excluding carboxylic acids is 1. The van der Waals surface area contributed by atoms with Gasteiger partial charge in [-0.15, -0.1) is 0 Å². The number of aryl methyl sites for hydroxylation is 1. The van der Waals surface area contributed by atoms with Gasteiger partial charge in [0.1, 0.15) is 11.5 Å². The number of carbonyl (C=O) groups is 1. The minimum absolute atomic E-state index is 0.00850. The SMILES string of the molecule is COc1cc(NC(=O)Cc2noc(C)n2)c(OC)cc1Cl. The summed E-state index contributed by atoms with van der Waals surface area (Å²) in [6, 6.07) is 3.15. The molecule has 8 heteroatoms. The van der Waals surface area contributed by atoms with Crippen LogP contribution in [0.25, 0.3) is 0 Å². The molecule has 0 atom stereocenters. The molecule has 0 fully saturated rings. The summed E-state index contributed by atoms with van der Waals surface area (Å²) in [6.45, 7) is 1.65. The molecule has 2 rings (SSSR count). The van der Waals surface area contributed by atoms with Gasteiger partial charge in [0.25, 0.3) is 0 Å². The molecular formula is C13H14ClN3O4. The highest BCUT2D eigenvalue weighted by Gasteiger charge is 2.14. The van der Waals surface area contributed by atoms with Crippen molar-refractivity contribution in [2.75, 3.05) is 19.5 Å². The van der Waals surface area contributed by atoms with Crippen LogP contribution < -0.4 is 14.8 Å². The van der Waals surface area contributed by atoms with Crippen LogP contribution in [0.3, 0.4) is 0 Å². The number of hydrogen-bond acceptors (Lipinski definition) is 6. The molecule has 7 nitrogen and oxygen atoms in total. The number of benzene rings is 1. The Morgan fingerprint density at radius 2 is 2.05 bits per heavy atom. The Morgan fingerprint density at radius 3 is 2.62 bits per heavy atom. The predicted octanol–water partition coefficient (Wildman–Crippen LogP) is 2.23. The van der Waals surface area contributed by atoms with E-state index in [9.17, 15) is 4.79 Å². The topological polar surface area (TPSA) is 86.5 Å². The van der Waals surface area contributed by atoms with Crippen LogP contribution in [0.1, 0.15) is 11.7 Å². The number of hydrogen-bond donors (Lipinski definition) is 1. The third-order valence-electron chi connectivity index (χ3n) is 2.64. The Hall–Kier alpha value is -2.28. The number of ether oxygens (including phenoxy) is 2. The zero-order valence-corrected chi connectivity index (χ0v) is 12.5. The zero-order chi connectivity index (χ0) is 15.4. The van der Waals surface area contributed by atoms with Crippen LogP contribution in [0.15, 0.2) is 16.7 Å². The van der Waals surface area contributed by atoms with E-state index in [4.69, 9.17) is 25.6 Å². The number of nitrogens with zero attached hydrogens (tertiary/aromatic N) is 2. The molecule has 1 aromatic carbocycles. The molecule has 1 amide bonds. The largest absolute Gasteiger partial charge is 0.495 e. The van der Waals surface area contributed by atoms with Crippen molar-refractivity contribution >= 4 is 23.2 Å². The van der Waals surface area contributed by atoms with Gasteiger partial charge in [-0.25, -0.2) is 0 Å². The third-order valence-corrected chi connectivity index (χ3v) is 2.93. The van der Waals surface area contributed by atoms with Crippen molar-refractivity contribution in [2.45, 2.75) is 13.3 Å². The van der Waals surface area contributed by atoms with Crippen LogP contribution >= 0.6 is 11.6 Å². The molecule has 0 saturated heterocycles. The van der Waals surface area contributed by atoms with Crippen LogP contribution in [-0.2, 0) is 11.2 Å². The van der Waals surface area contributed by atoms with E-state index in [2.05, 4.69) is 15.5 Å². The van der Waals surface area contributed by atoms with Gasteiger partial charge in [-0.1, -0.05) is 16.8 Å². The Labute approximate surface area is 126 Å². The Balaban J connectivity index is 2.16. The molecule has 1 heterocycles. The summed E-state index contributed by atoms with van der Waals surface area (Å²) >= 11 is 6.00. The normalized spacial score (nSPS) is 10.3. The highest BCUT2D eigenvalue weighted by atomic mass is 35.5. The van der Waals surface area contributed by atoms with E-state index in [1.165, 1.54) is 14.2 Å². The number of rotatable bonds is 5. The van der Waals surface area contributed by atoms with Crippen molar-refractivity contribution in [3.05, 3.63) is 28.9 Å². The van der Waals surface area contributed by atoms with Gasteiger partial charge in [0.05, 0.1) is 31.4 Å². The number of anilines is 1. The van der Waals surface area contributed by atoms with Crippen molar-refractivity contribution in [1.29, 1.82) is 0 Å². The number of nitrogens with one attached hydrogen (secondary N) is 1. The molecule has 0 aliphatic carbocycles. The summed E-state index contributed by atoms with van der Waals surface area (Å²) < 4.78 is 15.1. The Bertz CT molecular complexity index is 657. The monoisotopic (exact) mass is 311 g/mol. The first-order valence-electron chi connectivity index (χ1n) is 6.04. The second kappa shape index (κ2) is 6.45. The van der Waals surface area contributed by atoms with Crippen LogP contribution in [0.4, 0.5) is 5.69 Å². The molecule has 0 bridgehead atoms. The fourth-order valence-electron chi connectivity index (χ4n) is 1.71. The van der Waals surface area contributed by atoms with Crippen molar-refractivity contribution in [3.8, 4) is 11.5 Å². The minimum atomic E-state index is -0.307. The summed E-state index contributed by atoms with van der Waals surface area (Å²) in [5, 5.41) is 6.75. The number of methoxy groups -OCH3 is 2. The average molecular weight is 312 g/mol. The highest BCUT2D eigenvalue weighted by Crippen LogP contribution is 2.35. The van der Waals surface area contributed by atoms with E-state index < -0.39 is 0 Å². The molecule has 1 N–H and O–H groups in total. The number of aromatic nitrogens is 2. The lowest BCUT2D eigenvalue weighted by atomic mass is 10.2. The standard InChI is InChI=1S/C13H14ClN3O4/c1-7-15-12(17-21-7)6-13(18)16-9-5-10(19-2)8(14)4-11(9)20-3/h4-5H,6H2,1-3H3,(H,16,18). The van der Waals surface area contributed by atoms with E-state index in [-0.39, 0.29) is 12.3 Å². The first-order valence-corrected chi connectivity index (χ1v) is 6.42. The van der Waals surface area contributed by atoms with Crippen LogP contribution in [0.5, 0.6) is 11.5 Å². The molecule has 0 spiro atoms. The highest BCUT2D eigenvalue weighted by molar-refractivity contribution is 6.32. The van der Waals surface area contributed by atoms with Crippen molar-refractivity contribution in [3.63, 3.8) is 0 Å². The summed E-state index contributed by atoms with van der Waals surface area (Å²) in [6.07, 6.45) is -0.00850. The van der Waals surface area contributed by atoms with Gasteiger partial charge >= 0.3 is 0 Å². The first-order chi connectivity index (χ1) is 10.0. The quantitative estimate of drug-likeness (QED) is 0.911. The van der Waals surface area contributed by atoms with E-state index >= 15 is 0 Å². The number of amides is 1. The smallest absolute Gasteiger partial charge is 0.232 e. The lowest BCUT2D eigenvalue weighted by Gasteiger charge is -2.12. The van der Waals surface area contributed by atoms with Crippen LogP contribution in [-0.4, -0.2) is 30.3 Å². The molecule has 0 saturated carbocycles. The second-order valence-corrected chi connectivity index (χ2v) is 4.55. The number of halogens is 1. The van der Waals surface area contributed by atoms with Crippen LogP contribution in [0, 0.1) is 6.92 Å². The Kier molecular flexibility index (Phi) is 4.64. The van der Waals surface area contributed by atoms with Gasteiger partial charge < -0.3 is 19.3 Å². The van der Waals surface area contributed by atoms with Gasteiger partial charge in [0.15, 0.2) is 5.82 Å². The molecule has 21 heavy (non-hydrogen) atoms. The maximum atomic E-state index is 12.0. The molecule has 0 unspecified atom stereocenters. The summed E-state index contributed by atoms with van der Waals surface area (Å²) in [5.74, 6) is 1.27. The second-order valence-electron chi connectivity index (χ2n) is 4.14. The van der Waals surface area contributed by atoms with E-state index in [1.807, 2.05) is 0 Å². The average Bonchev–Trinajstić information content (AvgIpc) is 2.85. The maximum absolute atomic E-state index is 12.0. The van der Waals surface area contributed by atoms with E-state index in [0.717, 1.165) is 0 Å². The molecule has 0 aliphatic rings. The van der Waals surface area contributed by atoms with Gasteiger partial charge in [-0.2, -0.15) is 4.98 Å². The van der Waals surface area contributed by atoms with Crippen molar-refractivity contribution in [1.82, 2.24) is 10.1 Å². The molecule has 0 radical (unpaired) electrons. The Morgan fingerprint density at radius 1 is 1.33 bits per heavy atom. The van der Waals surface area contributed by atoms with Gasteiger partial charge in [-0.05, 0) is 0 Å². The van der Waals surface area contributed by atoms with Gasteiger partial charge in [-0.3, -0.25) is 4.79 Å². The third kappa shape index (κ3) is 3.63. The summed E-state index contributed by atoms with van der Waals surface area (Å²) in [4.78, 5) is 15.9. The van der Waals surface area contributed by atoms with E-state index in [1.54, 1.807) is 19.1 Å². The first kappa shape index (κ1) is 15.1. The molecule has 0 aliphatic heterocycles. The lowest BCUT2D eigenvalue weighted by Crippen LogP contribution is -2.16. The molecular weight excluding hydrogens is 298 g/mol. The molecule has 1 aromatic heterocycles. The zero-order valence-electron chi connectivity index (χ0n) is 11.8. The summed E-state index contributed by atoms with van der Waals surface area (Å²) in [7, 11) is 2.97. The van der Waals surface area contributed by atoms with Gasteiger partial charge in [0.2, 0.25) is 11.8 Å². The minimum Gasteiger partial charge on any atom is -0.495 e. The van der Waals surface area contributed by atoms with E-state index in [0.29, 0.717) is 33.9 Å². The maximum Gasteiger partial charge on any atom is 0.232 e.